The number of ether oxygens (including phenoxy) is 2. The Hall–Kier alpha value is -2.04. The van der Waals surface area contributed by atoms with Crippen molar-refractivity contribution in [1.82, 2.24) is 0 Å². The molecule has 1 aromatic heterocycles. The van der Waals surface area contributed by atoms with E-state index in [4.69, 9.17) is 13.9 Å². The molecule has 0 atom stereocenters. The average Bonchev–Trinajstić information content (AvgIpc) is 2.28. The molecule has 1 aliphatic rings. The lowest BCUT2D eigenvalue weighted by atomic mass is 10.1. The molecule has 84 valence electrons. The van der Waals surface area contributed by atoms with Gasteiger partial charge < -0.3 is 13.9 Å². The van der Waals surface area contributed by atoms with Crippen molar-refractivity contribution >= 4 is 17.9 Å². The van der Waals surface area contributed by atoms with Crippen LogP contribution in [0.25, 0.3) is 12.2 Å². The van der Waals surface area contributed by atoms with Gasteiger partial charge in [0.1, 0.15) is 5.42 Å². The van der Waals surface area contributed by atoms with E-state index >= 15 is 0 Å². The standard InChI is InChI=1S/C11H10O5/c1-14-9-7-5-6(12)3-4-8(7)16-11(13)10(9)15-2/h4-5H,3H2,1-2H3. The van der Waals surface area contributed by atoms with Gasteiger partial charge in [0, 0.05) is 6.42 Å². The van der Waals surface area contributed by atoms with Crippen LogP contribution in [0.3, 0.4) is 0 Å². The molecule has 0 bridgehead atoms. The first-order valence-electron chi connectivity index (χ1n) is 4.67. The number of ketones is 1. The van der Waals surface area contributed by atoms with Crippen molar-refractivity contribution in [2.45, 2.75) is 6.42 Å². The molecule has 0 saturated carbocycles. The van der Waals surface area contributed by atoms with Crippen LogP contribution in [0.1, 0.15) is 6.42 Å². The Balaban J connectivity index is 2.93. The Morgan fingerprint density at radius 3 is 2.50 bits per heavy atom. The van der Waals surface area contributed by atoms with Crippen LogP contribution in [-0.4, -0.2) is 20.0 Å². The van der Waals surface area contributed by atoms with E-state index in [0.29, 0.717) is 10.6 Å². The third-order valence-electron chi connectivity index (χ3n) is 2.31. The molecule has 1 aliphatic carbocycles. The van der Waals surface area contributed by atoms with Gasteiger partial charge in [-0.3, -0.25) is 4.79 Å². The Labute approximate surface area is 90.6 Å². The predicted octanol–water partition coefficient (Wildman–Crippen LogP) is -0.809. The molecular weight excluding hydrogens is 212 g/mol. The highest BCUT2D eigenvalue weighted by Gasteiger charge is 2.16. The molecule has 2 rings (SSSR count). The molecule has 16 heavy (non-hydrogen) atoms. The molecule has 1 heterocycles. The largest absolute Gasteiger partial charge is 0.492 e. The van der Waals surface area contributed by atoms with Gasteiger partial charge >= 0.3 is 5.63 Å². The van der Waals surface area contributed by atoms with Crippen LogP contribution in [0.2, 0.25) is 0 Å². The molecule has 5 heteroatoms. The molecule has 5 nitrogen and oxygen atoms in total. The number of Topliss-reactive ketones (excluding diaryl/α,β-unsaturated/α-hetero) is 1. The summed E-state index contributed by atoms with van der Waals surface area (Å²) in [7, 11) is 2.75. The van der Waals surface area contributed by atoms with E-state index in [9.17, 15) is 9.59 Å². The second kappa shape index (κ2) is 3.84. The van der Waals surface area contributed by atoms with Crippen LogP contribution in [0.5, 0.6) is 11.5 Å². The minimum absolute atomic E-state index is 0.0272. The maximum atomic E-state index is 11.5. The molecule has 0 N–H and O–H groups in total. The highest BCUT2D eigenvalue weighted by atomic mass is 16.5. The number of carbonyl (C=O) groups excluding carboxylic acids is 1. The van der Waals surface area contributed by atoms with Crippen LogP contribution in [0, 0.1) is 0 Å². The number of hydrogen-bond acceptors (Lipinski definition) is 5. The Morgan fingerprint density at radius 1 is 1.19 bits per heavy atom. The van der Waals surface area contributed by atoms with E-state index in [0.717, 1.165) is 0 Å². The van der Waals surface area contributed by atoms with Crippen molar-refractivity contribution in [3.8, 4) is 11.5 Å². The maximum Gasteiger partial charge on any atom is 0.383 e. The molecule has 0 saturated heterocycles. The normalized spacial score (nSPS) is 13.5. The first-order valence-corrected chi connectivity index (χ1v) is 4.67. The summed E-state index contributed by atoms with van der Waals surface area (Å²) >= 11 is 0. The van der Waals surface area contributed by atoms with Gasteiger partial charge in [-0.25, -0.2) is 4.79 Å². The summed E-state index contributed by atoms with van der Waals surface area (Å²) in [6, 6.07) is 0. The van der Waals surface area contributed by atoms with Gasteiger partial charge in [0.2, 0.25) is 5.75 Å². The monoisotopic (exact) mass is 222 g/mol. The summed E-state index contributed by atoms with van der Waals surface area (Å²) < 4.78 is 15.0. The van der Waals surface area contributed by atoms with E-state index in [-0.39, 0.29) is 23.7 Å². The molecule has 0 spiro atoms. The van der Waals surface area contributed by atoms with Gasteiger partial charge in [-0.15, -0.1) is 0 Å². The van der Waals surface area contributed by atoms with Crippen molar-refractivity contribution in [3.05, 3.63) is 21.1 Å². The van der Waals surface area contributed by atoms with E-state index in [1.807, 2.05) is 0 Å². The molecule has 1 aromatic rings. The Kier molecular flexibility index (Phi) is 2.52. The van der Waals surface area contributed by atoms with Gasteiger partial charge in [0.25, 0.3) is 0 Å². The minimum Gasteiger partial charge on any atom is -0.492 e. The zero-order valence-corrected chi connectivity index (χ0v) is 8.90. The first-order chi connectivity index (χ1) is 7.67. The molecule has 0 aliphatic heterocycles. The SMILES string of the molecule is COc1c(OC)c2c(oc1=O)=CCC(=O)C=2. The zero-order chi connectivity index (χ0) is 11.7. The topological polar surface area (TPSA) is 65.7 Å². The van der Waals surface area contributed by atoms with Crippen LogP contribution >= 0.6 is 0 Å². The van der Waals surface area contributed by atoms with Crippen LogP contribution in [-0.2, 0) is 4.79 Å². The maximum absolute atomic E-state index is 11.5. The van der Waals surface area contributed by atoms with E-state index < -0.39 is 5.63 Å². The highest BCUT2D eigenvalue weighted by Crippen LogP contribution is 2.15. The van der Waals surface area contributed by atoms with Gasteiger partial charge in [-0.1, -0.05) is 0 Å². The number of hydrogen-bond donors (Lipinski definition) is 0. The smallest absolute Gasteiger partial charge is 0.383 e. The molecule has 0 aromatic carbocycles. The third-order valence-corrected chi connectivity index (χ3v) is 2.31. The summed E-state index contributed by atoms with van der Waals surface area (Å²) in [6.45, 7) is 0. The summed E-state index contributed by atoms with van der Waals surface area (Å²) in [5, 5.41) is 0.454. The summed E-state index contributed by atoms with van der Waals surface area (Å²) in [5.41, 5.74) is -0.264. The van der Waals surface area contributed by atoms with Crippen molar-refractivity contribution < 1.29 is 18.7 Å². The fourth-order valence-electron chi connectivity index (χ4n) is 1.61. The van der Waals surface area contributed by atoms with Crippen molar-refractivity contribution in [2.75, 3.05) is 14.2 Å². The minimum atomic E-state index is -0.614. The number of fused-ring (bicyclic) bond motifs is 1. The highest BCUT2D eigenvalue weighted by molar-refractivity contribution is 6.09. The number of rotatable bonds is 2. The third kappa shape index (κ3) is 1.50. The second-order valence-electron chi connectivity index (χ2n) is 3.25. The van der Waals surface area contributed by atoms with Gasteiger partial charge in [-0.05, 0) is 12.2 Å². The number of methoxy groups -OCH3 is 2. The van der Waals surface area contributed by atoms with E-state index in [2.05, 4.69) is 0 Å². The van der Waals surface area contributed by atoms with Crippen molar-refractivity contribution in [3.63, 3.8) is 0 Å². The fourth-order valence-corrected chi connectivity index (χ4v) is 1.61. The Morgan fingerprint density at radius 2 is 1.88 bits per heavy atom. The summed E-state index contributed by atoms with van der Waals surface area (Å²) in [4.78, 5) is 22.8. The lowest BCUT2D eigenvalue weighted by Gasteiger charge is -2.08. The van der Waals surface area contributed by atoms with E-state index in [1.54, 1.807) is 6.08 Å². The van der Waals surface area contributed by atoms with E-state index in [1.165, 1.54) is 20.3 Å². The van der Waals surface area contributed by atoms with Crippen molar-refractivity contribution in [2.24, 2.45) is 0 Å². The lowest BCUT2D eigenvalue weighted by molar-refractivity contribution is -0.112. The molecule has 0 radical (unpaired) electrons. The summed E-state index contributed by atoms with van der Waals surface area (Å²) in [5.74, 6) is 0.139. The van der Waals surface area contributed by atoms with Crippen LogP contribution < -0.4 is 25.7 Å². The molecular formula is C11H10O5. The quantitative estimate of drug-likeness (QED) is 0.654. The summed E-state index contributed by atoms with van der Waals surface area (Å²) in [6.07, 6.45) is 3.17. The fraction of sp³-hybridized carbons (Fsp3) is 0.273. The molecule has 0 unspecified atom stereocenters. The zero-order valence-electron chi connectivity index (χ0n) is 8.90. The van der Waals surface area contributed by atoms with Gasteiger partial charge in [0.15, 0.2) is 11.5 Å². The second-order valence-corrected chi connectivity index (χ2v) is 3.25. The molecule has 0 fully saturated rings. The first kappa shape index (κ1) is 10.5. The van der Waals surface area contributed by atoms with Gasteiger partial charge in [-0.2, -0.15) is 0 Å². The Bertz CT molecular complexity index is 608. The molecule has 0 amide bonds. The van der Waals surface area contributed by atoms with Crippen LogP contribution in [0.4, 0.5) is 0 Å². The van der Waals surface area contributed by atoms with Crippen LogP contribution in [0.15, 0.2) is 9.21 Å². The lowest BCUT2D eigenvalue weighted by Crippen LogP contribution is -2.34. The van der Waals surface area contributed by atoms with Crippen molar-refractivity contribution in [1.29, 1.82) is 0 Å². The van der Waals surface area contributed by atoms with Gasteiger partial charge in [0.05, 0.1) is 19.4 Å². The predicted molar refractivity (Wildman–Crippen MR) is 55.9 cm³/mol. The number of carbonyl (C=O) groups is 1. The average molecular weight is 222 g/mol.